The molecular weight excluding hydrogens is 308 g/mol. The van der Waals surface area contributed by atoms with Crippen LogP contribution in [0.2, 0.25) is 5.02 Å². The minimum absolute atomic E-state index is 0.268. The molecule has 1 aromatic carbocycles. The van der Waals surface area contributed by atoms with Crippen LogP contribution in [-0.4, -0.2) is 37.5 Å². The molecule has 23 heavy (non-hydrogen) atoms. The van der Waals surface area contributed by atoms with Crippen LogP contribution in [0, 0.1) is 11.3 Å². The van der Waals surface area contributed by atoms with Crippen molar-refractivity contribution in [2.45, 2.75) is 39.5 Å². The highest BCUT2D eigenvalue weighted by molar-refractivity contribution is 6.30. The number of carbonyl (C=O) groups is 1. The summed E-state index contributed by atoms with van der Waals surface area (Å²) in [5.74, 6) is 1.02. The van der Waals surface area contributed by atoms with Crippen molar-refractivity contribution < 1.29 is 4.79 Å². The van der Waals surface area contributed by atoms with Crippen molar-refractivity contribution in [2.24, 2.45) is 11.3 Å². The van der Waals surface area contributed by atoms with Gasteiger partial charge in [0.05, 0.1) is 0 Å². The predicted octanol–water partition coefficient (Wildman–Crippen LogP) is 3.76. The van der Waals surface area contributed by atoms with Gasteiger partial charge in [0.2, 0.25) is 5.91 Å². The first-order chi connectivity index (χ1) is 10.9. The van der Waals surface area contributed by atoms with Gasteiger partial charge in [-0.2, -0.15) is 0 Å². The van der Waals surface area contributed by atoms with Gasteiger partial charge in [0.1, 0.15) is 0 Å². The van der Waals surface area contributed by atoms with E-state index in [9.17, 15) is 4.79 Å². The van der Waals surface area contributed by atoms with Crippen LogP contribution in [0.15, 0.2) is 24.3 Å². The first-order valence-electron chi connectivity index (χ1n) is 8.61. The minimum Gasteiger partial charge on any atom is -0.342 e. The van der Waals surface area contributed by atoms with Crippen LogP contribution in [0.3, 0.4) is 0 Å². The molecule has 0 aromatic heterocycles. The lowest BCUT2D eigenvalue weighted by Gasteiger charge is -2.37. The van der Waals surface area contributed by atoms with Gasteiger partial charge in [0, 0.05) is 23.5 Å². The van der Waals surface area contributed by atoms with Crippen LogP contribution < -0.4 is 5.32 Å². The molecule has 2 rings (SSSR count). The summed E-state index contributed by atoms with van der Waals surface area (Å²) in [6.07, 6.45) is 4.19. The summed E-state index contributed by atoms with van der Waals surface area (Å²) < 4.78 is 0. The summed E-state index contributed by atoms with van der Waals surface area (Å²) in [6.45, 7) is 6.95. The Labute approximate surface area is 145 Å². The summed E-state index contributed by atoms with van der Waals surface area (Å²) in [7, 11) is 2.00. The van der Waals surface area contributed by atoms with Gasteiger partial charge in [-0.05, 0) is 62.9 Å². The Morgan fingerprint density at radius 3 is 2.65 bits per heavy atom. The van der Waals surface area contributed by atoms with Crippen molar-refractivity contribution in [1.29, 1.82) is 0 Å². The van der Waals surface area contributed by atoms with Crippen molar-refractivity contribution in [3.8, 4) is 0 Å². The van der Waals surface area contributed by atoms with Gasteiger partial charge in [0.15, 0.2) is 0 Å². The zero-order valence-electron chi connectivity index (χ0n) is 14.6. The Morgan fingerprint density at radius 1 is 1.35 bits per heavy atom. The maximum atomic E-state index is 12.9. The Balaban J connectivity index is 1.91. The number of nitrogens with one attached hydrogen (secondary N) is 1. The number of benzene rings is 1. The standard InChI is InChI=1S/C19H29ClN2O/c1-19(2,14-16-5-4-6-17(20)13-16)18(23)22-11-8-15(9-12-22)7-10-21-3/h4-6,13,15,21H,7-12,14H2,1-3H3. The maximum absolute atomic E-state index is 12.9. The summed E-state index contributed by atoms with van der Waals surface area (Å²) in [5.41, 5.74) is 0.738. The monoisotopic (exact) mass is 336 g/mol. The number of piperidine rings is 1. The summed E-state index contributed by atoms with van der Waals surface area (Å²) in [4.78, 5) is 15.0. The smallest absolute Gasteiger partial charge is 0.228 e. The number of hydrogen-bond acceptors (Lipinski definition) is 2. The van der Waals surface area contributed by atoms with Crippen LogP contribution in [0.5, 0.6) is 0 Å². The molecule has 4 heteroatoms. The van der Waals surface area contributed by atoms with E-state index in [-0.39, 0.29) is 11.3 Å². The molecule has 0 radical (unpaired) electrons. The average Bonchev–Trinajstić information content (AvgIpc) is 2.52. The second-order valence-corrected chi connectivity index (χ2v) is 7.75. The van der Waals surface area contributed by atoms with E-state index in [4.69, 9.17) is 11.6 Å². The molecule has 0 atom stereocenters. The Bertz CT molecular complexity index is 522. The number of halogens is 1. The Kier molecular flexibility index (Phi) is 6.49. The molecule has 1 aliphatic heterocycles. The van der Waals surface area contributed by atoms with Gasteiger partial charge in [-0.3, -0.25) is 4.79 Å². The number of nitrogens with zero attached hydrogens (tertiary/aromatic N) is 1. The predicted molar refractivity (Wildman–Crippen MR) is 96.8 cm³/mol. The Hall–Kier alpha value is -1.06. The molecular formula is C19H29ClN2O. The summed E-state index contributed by atoms with van der Waals surface area (Å²) in [6, 6.07) is 7.83. The van der Waals surface area contributed by atoms with Gasteiger partial charge >= 0.3 is 0 Å². The second kappa shape index (κ2) is 8.16. The van der Waals surface area contributed by atoms with E-state index in [1.807, 2.05) is 45.2 Å². The van der Waals surface area contributed by atoms with Crippen LogP contribution in [0.1, 0.15) is 38.7 Å². The fraction of sp³-hybridized carbons (Fsp3) is 0.632. The van der Waals surface area contributed by atoms with Gasteiger partial charge in [0.25, 0.3) is 0 Å². The number of likely N-dealkylation sites (tertiary alicyclic amines) is 1. The van der Waals surface area contributed by atoms with E-state index in [1.165, 1.54) is 6.42 Å². The molecule has 0 bridgehead atoms. The van der Waals surface area contributed by atoms with E-state index in [0.29, 0.717) is 0 Å². The topological polar surface area (TPSA) is 32.3 Å². The molecule has 128 valence electrons. The van der Waals surface area contributed by atoms with Crippen molar-refractivity contribution in [2.75, 3.05) is 26.7 Å². The SMILES string of the molecule is CNCCC1CCN(C(=O)C(C)(C)Cc2cccc(Cl)c2)CC1. The number of amides is 1. The third-order valence-electron chi connectivity index (χ3n) is 4.82. The Morgan fingerprint density at radius 2 is 2.04 bits per heavy atom. The van der Waals surface area contributed by atoms with E-state index in [2.05, 4.69) is 10.2 Å². The molecule has 1 fully saturated rings. The largest absolute Gasteiger partial charge is 0.342 e. The molecule has 0 aliphatic carbocycles. The zero-order chi connectivity index (χ0) is 16.9. The van der Waals surface area contributed by atoms with Crippen LogP contribution in [0.4, 0.5) is 0 Å². The normalized spacial score (nSPS) is 16.6. The van der Waals surface area contributed by atoms with Gasteiger partial charge in [-0.25, -0.2) is 0 Å². The maximum Gasteiger partial charge on any atom is 0.228 e. The van der Waals surface area contributed by atoms with Crippen molar-refractivity contribution in [3.63, 3.8) is 0 Å². The molecule has 0 unspecified atom stereocenters. The lowest BCUT2D eigenvalue weighted by Crippen LogP contribution is -2.46. The first kappa shape index (κ1) is 18.3. The molecule has 3 nitrogen and oxygen atoms in total. The summed E-state index contributed by atoms with van der Waals surface area (Å²) >= 11 is 6.06. The highest BCUT2D eigenvalue weighted by atomic mass is 35.5. The van der Waals surface area contributed by atoms with E-state index in [0.717, 1.165) is 55.4 Å². The van der Waals surface area contributed by atoms with E-state index >= 15 is 0 Å². The average molecular weight is 337 g/mol. The van der Waals surface area contributed by atoms with Gasteiger partial charge in [-0.1, -0.05) is 37.6 Å². The minimum atomic E-state index is -0.386. The molecule has 1 aromatic rings. The van der Waals surface area contributed by atoms with Crippen molar-refractivity contribution >= 4 is 17.5 Å². The molecule has 0 spiro atoms. The molecule has 1 saturated heterocycles. The van der Waals surface area contributed by atoms with E-state index < -0.39 is 0 Å². The van der Waals surface area contributed by atoms with Gasteiger partial charge < -0.3 is 10.2 Å². The lowest BCUT2D eigenvalue weighted by molar-refractivity contribution is -0.141. The molecule has 1 N–H and O–H groups in total. The fourth-order valence-corrected chi connectivity index (χ4v) is 3.65. The van der Waals surface area contributed by atoms with Crippen LogP contribution >= 0.6 is 11.6 Å². The molecule has 1 amide bonds. The summed E-state index contributed by atoms with van der Waals surface area (Å²) in [5, 5.41) is 3.95. The fourth-order valence-electron chi connectivity index (χ4n) is 3.43. The van der Waals surface area contributed by atoms with Crippen LogP contribution in [0.25, 0.3) is 0 Å². The molecule has 1 aliphatic rings. The highest BCUT2D eigenvalue weighted by Gasteiger charge is 2.34. The third-order valence-corrected chi connectivity index (χ3v) is 5.05. The highest BCUT2D eigenvalue weighted by Crippen LogP contribution is 2.29. The lowest BCUT2D eigenvalue weighted by atomic mass is 9.83. The second-order valence-electron chi connectivity index (χ2n) is 7.32. The van der Waals surface area contributed by atoms with Crippen LogP contribution in [-0.2, 0) is 11.2 Å². The van der Waals surface area contributed by atoms with Crippen molar-refractivity contribution in [1.82, 2.24) is 10.2 Å². The molecule has 0 saturated carbocycles. The van der Waals surface area contributed by atoms with Crippen molar-refractivity contribution in [3.05, 3.63) is 34.9 Å². The third kappa shape index (κ3) is 5.22. The molecule has 1 heterocycles. The first-order valence-corrected chi connectivity index (χ1v) is 8.98. The quantitative estimate of drug-likeness (QED) is 0.858. The van der Waals surface area contributed by atoms with E-state index in [1.54, 1.807) is 0 Å². The number of carbonyl (C=O) groups excluding carboxylic acids is 1. The zero-order valence-corrected chi connectivity index (χ0v) is 15.3. The van der Waals surface area contributed by atoms with Gasteiger partial charge in [-0.15, -0.1) is 0 Å². The number of rotatable bonds is 6. The number of hydrogen-bond donors (Lipinski definition) is 1.